The summed E-state index contributed by atoms with van der Waals surface area (Å²) in [4.78, 5) is 26.6. The quantitative estimate of drug-likeness (QED) is 0.732. The zero-order chi connectivity index (χ0) is 19.4. The maximum absolute atomic E-state index is 12.9. The third-order valence-electron chi connectivity index (χ3n) is 5.43. The molecule has 1 aromatic carbocycles. The number of Topliss-reactive ketones (excluding diaryl/α,β-unsaturated/α-hetero) is 1. The van der Waals surface area contributed by atoms with Crippen LogP contribution in [0.3, 0.4) is 0 Å². The molecule has 0 radical (unpaired) electrons. The van der Waals surface area contributed by atoms with Gasteiger partial charge >= 0.3 is 0 Å². The van der Waals surface area contributed by atoms with Crippen molar-refractivity contribution in [2.75, 3.05) is 13.1 Å². The van der Waals surface area contributed by atoms with E-state index in [9.17, 15) is 13.8 Å². The Morgan fingerprint density at radius 2 is 1.65 bits per heavy atom. The van der Waals surface area contributed by atoms with Crippen molar-refractivity contribution in [1.29, 1.82) is 0 Å². The number of aryl methyl sites for hydroxylation is 2. The summed E-state index contributed by atoms with van der Waals surface area (Å²) in [7, 11) is -1.30. The van der Waals surface area contributed by atoms with Crippen LogP contribution in [0, 0.1) is 20.8 Å². The zero-order valence-electron chi connectivity index (χ0n) is 16.7. The fourth-order valence-corrected chi connectivity index (χ4v) is 5.27. The van der Waals surface area contributed by atoms with Crippen molar-refractivity contribution >= 4 is 22.5 Å². The normalized spacial score (nSPS) is 17.5. The summed E-state index contributed by atoms with van der Waals surface area (Å²) in [5, 5.41) is -0.519. The molecular weight excluding hydrogens is 346 g/mol. The van der Waals surface area contributed by atoms with Gasteiger partial charge in [0.15, 0.2) is 5.78 Å². The number of hydrogen-bond donors (Lipinski definition) is 0. The van der Waals surface area contributed by atoms with Crippen molar-refractivity contribution in [3.05, 3.63) is 33.9 Å². The van der Waals surface area contributed by atoms with Crippen LogP contribution in [0.1, 0.15) is 72.1 Å². The molecule has 1 aliphatic rings. The number of rotatable bonds is 5. The highest BCUT2D eigenvalue weighted by Gasteiger charge is 2.27. The number of nitrogens with zero attached hydrogens (tertiary/aromatic N) is 1. The van der Waals surface area contributed by atoms with Crippen molar-refractivity contribution < 1.29 is 13.8 Å². The minimum Gasteiger partial charge on any atom is -0.342 e. The molecule has 1 saturated heterocycles. The van der Waals surface area contributed by atoms with Crippen LogP contribution in [0.25, 0.3) is 0 Å². The van der Waals surface area contributed by atoms with Crippen molar-refractivity contribution in [2.45, 2.75) is 71.3 Å². The monoisotopic (exact) mass is 377 g/mol. The number of ketones is 1. The maximum Gasteiger partial charge on any atom is 0.238 e. The van der Waals surface area contributed by atoms with E-state index in [-0.39, 0.29) is 11.7 Å². The third-order valence-corrected chi connectivity index (χ3v) is 6.99. The molecule has 2 rings (SSSR count). The smallest absolute Gasteiger partial charge is 0.238 e. The van der Waals surface area contributed by atoms with Crippen molar-refractivity contribution in [2.24, 2.45) is 0 Å². The van der Waals surface area contributed by atoms with E-state index in [1.165, 1.54) is 0 Å². The van der Waals surface area contributed by atoms with E-state index in [4.69, 9.17) is 0 Å². The average molecular weight is 378 g/mol. The molecule has 1 aliphatic heterocycles. The van der Waals surface area contributed by atoms with Gasteiger partial charge in [0.25, 0.3) is 0 Å². The lowest BCUT2D eigenvalue weighted by molar-refractivity contribution is -0.130. The summed E-state index contributed by atoms with van der Waals surface area (Å²) in [5.74, 6) is 0.346. The second-order valence-corrected chi connectivity index (χ2v) is 9.21. The van der Waals surface area contributed by atoms with Crippen LogP contribution in [0.2, 0.25) is 0 Å². The highest BCUT2D eigenvalue weighted by Crippen LogP contribution is 2.25. The summed E-state index contributed by atoms with van der Waals surface area (Å²) in [6, 6.07) is 1.98. The number of hydrogen-bond acceptors (Lipinski definition) is 3. The Balaban J connectivity index is 2.19. The zero-order valence-corrected chi connectivity index (χ0v) is 17.5. The van der Waals surface area contributed by atoms with Crippen LogP contribution < -0.4 is 0 Å². The van der Waals surface area contributed by atoms with Gasteiger partial charge in [0.2, 0.25) is 5.91 Å². The Morgan fingerprint density at radius 3 is 2.19 bits per heavy atom. The molecule has 144 valence electrons. The molecule has 1 heterocycles. The van der Waals surface area contributed by atoms with Crippen LogP contribution in [0.5, 0.6) is 0 Å². The van der Waals surface area contributed by atoms with Gasteiger partial charge in [0.05, 0.1) is 0 Å². The van der Waals surface area contributed by atoms with Crippen molar-refractivity contribution in [3.8, 4) is 0 Å². The van der Waals surface area contributed by atoms with Crippen LogP contribution in [-0.2, 0) is 21.3 Å². The minimum absolute atomic E-state index is 0.000516. The van der Waals surface area contributed by atoms with Gasteiger partial charge in [-0.1, -0.05) is 18.9 Å². The van der Waals surface area contributed by atoms with E-state index in [2.05, 4.69) is 0 Å². The van der Waals surface area contributed by atoms with E-state index < -0.39 is 16.0 Å². The van der Waals surface area contributed by atoms with Crippen LogP contribution in [-0.4, -0.2) is 39.1 Å². The number of likely N-dealkylation sites (tertiary alicyclic amines) is 1. The molecular formula is C21H31NO3S. The molecule has 1 fully saturated rings. The van der Waals surface area contributed by atoms with Gasteiger partial charge in [-0.15, -0.1) is 0 Å². The summed E-state index contributed by atoms with van der Waals surface area (Å²) >= 11 is 0. The molecule has 26 heavy (non-hydrogen) atoms. The summed E-state index contributed by atoms with van der Waals surface area (Å²) < 4.78 is 12.9. The second kappa shape index (κ2) is 8.94. The number of carbonyl (C=O) groups is 2. The molecule has 0 saturated carbocycles. The topological polar surface area (TPSA) is 54.5 Å². The molecule has 2 atom stereocenters. The van der Waals surface area contributed by atoms with Crippen LogP contribution >= 0.6 is 0 Å². The first-order valence-corrected chi connectivity index (χ1v) is 10.9. The standard InChI is InChI=1S/C21H31NO3S/c1-14-12-15(2)20(17(4)23)16(3)19(14)13-26(25)18(5)21(24)22-10-8-6-7-9-11-22/h12,18H,6-11,13H2,1-5H3. The predicted molar refractivity (Wildman–Crippen MR) is 107 cm³/mol. The Morgan fingerprint density at radius 1 is 1.08 bits per heavy atom. The van der Waals surface area contributed by atoms with Gasteiger partial charge in [-0.3, -0.25) is 13.8 Å². The molecule has 0 aliphatic carbocycles. The van der Waals surface area contributed by atoms with E-state index in [1.807, 2.05) is 31.7 Å². The molecule has 5 heteroatoms. The first-order valence-electron chi connectivity index (χ1n) is 9.50. The molecule has 1 amide bonds. The van der Waals surface area contributed by atoms with E-state index in [1.54, 1.807) is 13.8 Å². The summed E-state index contributed by atoms with van der Waals surface area (Å²) in [5.41, 5.74) is 4.55. The molecule has 1 aromatic rings. The average Bonchev–Trinajstić information content (AvgIpc) is 2.85. The largest absolute Gasteiger partial charge is 0.342 e. The number of benzene rings is 1. The molecule has 0 spiro atoms. The fraction of sp³-hybridized carbons (Fsp3) is 0.619. The third kappa shape index (κ3) is 4.61. The van der Waals surface area contributed by atoms with Gasteiger partial charge in [-0.2, -0.15) is 0 Å². The minimum atomic E-state index is -1.30. The van der Waals surface area contributed by atoms with Gasteiger partial charge in [0.1, 0.15) is 5.25 Å². The Labute approximate surface area is 159 Å². The lowest BCUT2D eigenvalue weighted by Gasteiger charge is -2.24. The van der Waals surface area contributed by atoms with Crippen LogP contribution in [0.15, 0.2) is 6.07 Å². The molecule has 0 aromatic heterocycles. The van der Waals surface area contributed by atoms with Crippen LogP contribution in [0.4, 0.5) is 0 Å². The van der Waals surface area contributed by atoms with Crippen molar-refractivity contribution in [3.63, 3.8) is 0 Å². The lowest BCUT2D eigenvalue weighted by atomic mass is 9.92. The highest BCUT2D eigenvalue weighted by atomic mass is 32.2. The Kier molecular flexibility index (Phi) is 7.16. The summed E-state index contributed by atoms with van der Waals surface area (Å²) in [6.45, 7) is 10.7. The highest BCUT2D eigenvalue weighted by molar-refractivity contribution is 7.85. The maximum atomic E-state index is 12.9. The predicted octanol–water partition coefficient (Wildman–Crippen LogP) is 3.85. The van der Waals surface area contributed by atoms with E-state index in [0.717, 1.165) is 61.0 Å². The van der Waals surface area contributed by atoms with E-state index >= 15 is 0 Å². The molecule has 4 nitrogen and oxygen atoms in total. The summed E-state index contributed by atoms with van der Waals surface area (Å²) in [6.07, 6.45) is 4.39. The van der Waals surface area contributed by atoms with Gasteiger partial charge in [-0.25, -0.2) is 0 Å². The number of amides is 1. The van der Waals surface area contributed by atoms with Gasteiger partial charge in [0, 0.05) is 35.2 Å². The first kappa shape index (κ1) is 20.8. The van der Waals surface area contributed by atoms with Gasteiger partial charge < -0.3 is 4.90 Å². The Hall–Kier alpha value is -1.49. The second-order valence-electron chi connectivity index (χ2n) is 7.45. The SMILES string of the molecule is CC(=O)c1c(C)cc(C)c(CS(=O)C(C)C(=O)N2CCCCCC2)c1C. The first-order chi connectivity index (χ1) is 12.2. The lowest BCUT2D eigenvalue weighted by Crippen LogP contribution is -2.40. The van der Waals surface area contributed by atoms with Crippen molar-refractivity contribution in [1.82, 2.24) is 4.90 Å². The fourth-order valence-electron chi connectivity index (χ4n) is 3.92. The van der Waals surface area contributed by atoms with E-state index in [0.29, 0.717) is 11.3 Å². The molecule has 2 unspecified atom stereocenters. The van der Waals surface area contributed by atoms with Gasteiger partial charge in [-0.05, 0) is 69.7 Å². The number of carbonyl (C=O) groups excluding carboxylic acids is 2. The molecule has 0 bridgehead atoms. The molecule has 0 N–H and O–H groups in total. The Bertz CT molecular complexity index is 718.